The van der Waals surface area contributed by atoms with Gasteiger partial charge in [0.25, 0.3) is 0 Å². The molecule has 0 aliphatic carbocycles. The highest BCUT2D eigenvalue weighted by atomic mass is 35.5. The number of likely N-dealkylation sites (N-methyl/N-ethyl adjacent to an activating group) is 1. The highest BCUT2D eigenvalue weighted by Crippen LogP contribution is 2.29. The number of nitrogens with one attached hydrogen (secondary N) is 2. The lowest BCUT2D eigenvalue weighted by Crippen LogP contribution is -2.42. The van der Waals surface area contributed by atoms with Crippen LogP contribution in [0.25, 0.3) is 0 Å². The molecule has 1 aliphatic heterocycles. The van der Waals surface area contributed by atoms with Gasteiger partial charge < -0.3 is 10.2 Å². The second-order valence-corrected chi connectivity index (χ2v) is 9.25. The molecule has 0 saturated carbocycles. The molecule has 28 heavy (non-hydrogen) atoms. The van der Waals surface area contributed by atoms with Crippen LogP contribution in [0.1, 0.15) is 47.1 Å². The van der Waals surface area contributed by atoms with Gasteiger partial charge in [0.15, 0.2) is 0 Å². The van der Waals surface area contributed by atoms with E-state index in [-0.39, 0.29) is 37.3 Å². The van der Waals surface area contributed by atoms with Crippen molar-refractivity contribution in [2.24, 2.45) is 0 Å². The Balaban J connectivity index is 0.00000392. The first-order valence-corrected chi connectivity index (χ1v) is 11.1. The Bertz CT molecular complexity index is 795. The topological polar surface area (TPSA) is 78.5 Å². The van der Waals surface area contributed by atoms with E-state index in [0.29, 0.717) is 4.90 Å². The quantitative estimate of drug-likeness (QED) is 0.695. The van der Waals surface area contributed by atoms with E-state index in [1.54, 1.807) is 0 Å². The third kappa shape index (κ3) is 5.06. The predicted octanol–water partition coefficient (Wildman–Crippen LogP) is 2.53. The number of carbonyl (C=O) groups is 1. The zero-order valence-corrected chi connectivity index (χ0v) is 19.4. The van der Waals surface area contributed by atoms with Crippen molar-refractivity contribution >= 4 is 28.3 Å². The van der Waals surface area contributed by atoms with Gasteiger partial charge >= 0.3 is 0 Å². The summed E-state index contributed by atoms with van der Waals surface area (Å²) >= 11 is 0. The fourth-order valence-corrected chi connectivity index (χ4v) is 5.62. The second kappa shape index (κ2) is 10.1. The zero-order valence-electron chi connectivity index (χ0n) is 17.8. The number of amides is 1. The molecule has 160 valence electrons. The number of halogens is 1. The summed E-state index contributed by atoms with van der Waals surface area (Å²) in [6, 6.07) is 0.214. The van der Waals surface area contributed by atoms with E-state index in [2.05, 4.69) is 10.0 Å². The first-order valence-electron chi connectivity index (χ1n) is 9.62. The molecule has 0 bridgehead atoms. The lowest BCUT2D eigenvalue weighted by Gasteiger charge is -2.24. The number of carbonyl (C=O) groups excluding carboxylic acids is 1. The molecule has 0 spiro atoms. The highest BCUT2D eigenvalue weighted by molar-refractivity contribution is 7.89. The SMILES string of the molecule is CNCC1CCCN1C(=O)CCNS(=O)(=O)c1c(C)c(C)c(C)c(C)c1C.Cl. The van der Waals surface area contributed by atoms with Crippen molar-refractivity contribution < 1.29 is 13.2 Å². The minimum atomic E-state index is -3.66. The number of hydrogen-bond donors (Lipinski definition) is 2. The predicted molar refractivity (Wildman–Crippen MR) is 116 cm³/mol. The molecule has 2 rings (SSSR count). The number of likely N-dealkylation sites (tertiary alicyclic amines) is 1. The molecule has 1 unspecified atom stereocenters. The summed E-state index contributed by atoms with van der Waals surface area (Å²) in [7, 11) is -1.78. The van der Waals surface area contributed by atoms with E-state index >= 15 is 0 Å². The van der Waals surface area contributed by atoms with Crippen LogP contribution in [0, 0.1) is 34.6 Å². The maximum absolute atomic E-state index is 12.9. The summed E-state index contributed by atoms with van der Waals surface area (Å²) in [5.41, 5.74) is 4.69. The first-order chi connectivity index (χ1) is 12.6. The highest BCUT2D eigenvalue weighted by Gasteiger charge is 2.28. The summed E-state index contributed by atoms with van der Waals surface area (Å²) in [6.07, 6.45) is 2.18. The number of nitrogens with zero attached hydrogens (tertiary/aromatic N) is 1. The molecule has 1 saturated heterocycles. The van der Waals surface area contributed by atoms with Gasteiger partial charge in [-0.2, -0.15) is 0 Å². The molecule has 0 radical (unpaired) electrons. The van der Waals surface area contributed by atoms with Gasteiger partial charge in [0, 0.05) is 32.1 Å². The lowest BCUT2D eigenvalue weighted by atomic mass is 9.95. The van der Waals surface area contributed by atoms with Crippen LogP contribution in [0.2, 0.25) is 0 Å². The molecule has 1 atom stereocenters. The molecule has 2 N–H and O–H groups in total. The van der Waals surface area contributed by atoms with Gasteiger partial charge in [0.05, 0.1) is 4.90 Å². The summed E-state index contributed by atoms with van der Waals surface area (Å²) in [5.74, 6) is 0.0140. The van der Waals surface area contributed by atoms with Crippen molar-refractivity contribution in [2.75, 3.05) is 26.7 Å². The van der Waals surface area contributed by atoms with E-state index < -0.39 is 10.0 Å². The van der Waals surface area contributed by atoms with Crippen molar-refractivity contribution in [3.05, 3.63) is 27.8 Å². The van der Waals surface area contributed by atoms with E-state index in [9.17, 15) is 13.2 Å². The van der Waals surface area contributed by atoms with Crippen LogP contribution in [0.4, 0.5) is 0 Å². The van der Waals surface area contributed by atoms with E-state index in [1.807, 2.05) is 46.6 Å². The van der Waals surface area contributed by atoms with Crippen LogP contribution >= 0.6 is 12.4 Å². The summed E-state index contributed by atoms with van der Waals surface area (Å²) in [5, 5.41) is 3.12. The molecule has 1 fully saturated rings. The Kier molecular flexibility index (Phi) is 8.93. The molecular formula is C20H34ClN3O3S. The fourth-order valence-electron chi connectivity index (χ4n) is 3.99. The van der Waals surface area contributed by atoms with Gasteiger partial charge in [-0.15, -0.1) is 12.4 Å². The normalized spacial score (nSPS) is 16.9. The molecule has 0 aromatic heterocycles. The van der Waals surface area contributed by atoms with Crippen molar-refractivity contribution in [3.63, 3.8) is 0 Å². The molecular weight excluding hydrogens is 398 g/mol. The zero-order chi connectivity index (χ0) is 20.4. The van der Waals surface area contributed by atoms with Crippen molar-refractivity contribution in [2.45, 2.75) is 64.8 Å². The van der Waals surface area contributed by atoms with Crippen LogP contribution in [-0.4, -0.2) is 51.9 Å². The number of benzene rings is 1. The molecule has 6 nitrogen and oxygen atoms in total. The lowest BCUT2D eigenvalue weighted by molar-refractivity contribution is -0.131. The maximum atomic E-state index is 12.9. The molecule has 8 heteroatoms. The molecule has 1 heterocycles. The summed E-state index contributed by atoms with van der Waals surface area (Å²) in [4.78, 5) is 14.7. The minimum absolute atomic E-state index is 0. The number of hydrogen-bond acceptors (Lipinski definition) is 4. The molecule has 1 aromatic carbocycles. The minimum Gasteiger partial charge on any atom is -0.338 e. The van der Waals surface area contributed by atoms with E-state index in [4.69, 9.17) is 0 Å². The average molecular weight is 432 g/mol. The Morgan fingerprint density at radius 3 is 2.11 bits per heavy atom. The first kappa shape index (κ1) is 24.9. The van der Waals surface area contributed by atoms with E-state index in [0.717, 1.165) is 53.7 Å². The summed E-state index contributed by atoms with van der Waals surface area (Å²) < 4.78 is 28.5. The summed E-state index contributed by atoms with van der Waals surface area (Å²) in [6.45, 7) is 11.3. The van der Waals surface area contributed by atoms with Crippen LogP contribution in [0.3, 0.4) is 0 Å². The van der Waals surface area contributed by atoms with Gasteiger partial charge in [-0.3, -0.25) is 4.79 Å². The number of sulfonamides is 1. The third-order valence-corrected chi connectivity index (χ3v) is 7.70. The van der Waals surface area contributed by atoms with Crippen LogP contribution < -0.4 is 10.0 Å². The second-order valence-electron chi connectivity index (χ2n) is 7.54. The molecule has 1 amide bonds. The van der Waals surface area contributed by atoms with Crippen molar-refractivity contribution in [1.29, 1.82) is 0 Å². The Hall–Kier alpha value is -1.15. The third-order valence-electron chi connectivity index (χ3n) is 5.97. The Labute approximate surface area is 175 Å². The van der Waals surface area contributed by atoms with Crippen molar-refractivity contribution in [1.82, 2.24) is 14.9 Å². The van der Waals surface area contributed by atoms with Gasteiger partial charge in [-0.1, -0.05) is 0 Å². The van der Waals surface area contributed by atoms with Crippen LogP contribution in [0.15, 0.2) is 4.90 Å². The van der Waals surface area contributed by atoms with E-state index in [1.165, 1.54) is 0 Å². The van der Waals surface area contributed by atoms with Gasteiger partial charge in [-0.25, -0.2) is 13.1 Å². The van der Waals surface area contributed by atoms with Crippen molar-refractivity contribution in [3.8, 4) is 0 Å². The standard InChI is InChI=1S/C20H33N3O3S.ClH/c1-13-14(2)16(4)20(17(5)15(13)3)27(25,26)22-10-9-19(24)23-11-7-8-18(23)12-21-6;/h18,21-22H,7-12H2,1-6H3;1H. The Morgan fingerprint density at radius 2 is 1.57 bits per heavy atom. The van der Waals surface area contributed by atoms with Gasteiger partial charge in [0.2, 0.25) is 15.9 Å². The van der Waals surface area contributed by atoms with Crippen LogP contribution in [-0.2, 0) is 14.8 Å². The average Bonchev–Trinajstić information content (AvgIpc) is 3.06. The number of rotatable bonds is 7. The Morgan fingerprint density at radius 1 is 1.04 bits per heavy atom. The maximum Gasteiger partial charge on any atom is 0.241 e. The fraction of sp³-hybridized carbons (Fsp3) is 0.650. The van der Waals surface area contributed by atoms with Crippen LogP contribution in [0.5, 0.6) is 0 Å². The molecule has 1 aliphatic rings. The largest absolute Gasteiger partial charge is 0.338 e. The smallest absolute Gasteiger partial charge is 0.241 e. The van der Waals surface area contributed by atoms with Gasteiger partial charge in [-0.05, 0) is 82.3 Å². The molecule has 1 aromatic rings. The monoisotopic (exact) mass is 431 g/mol. The van der Waals surface area contributed by atoms with Gasteiger partial charge in [0.1, 0.15) is 0 Å².